The van der Waals surface area contributed by atoms with Gasteiger partial charge in [-0.3, -0.25) is 4.79 Å². The van der Waals surface area contributed by atoms with E-state index in [0.29, 0.717) is 5.75 Å². The molecule has 0 spiro atoms. The van der Waals surface area contributed by atoms with Crippen LogP contribution in [-0.2, 0) is 11.2 Å². The molecule has 0 saturated heterocycles. The van der Waals surface area contributed by atoms with Gasteiger partial charge in [-0.15, -0.1) is 11.3 Å². The molecule has 28 heavy (non-hydrogen) atoms. The molecule has 0 radical (unpaired) electrons. The number of halogens is 2. The zero-order valence-corrected chi connectivity index (χ0v) is 16.7. The first-order valence-electron chi connectivity index (χ1n) is 8.88. The summed E-state index contributed by atoms with van der Waals surface area (Å²) >= 11 is 2.94. The number of thiazole rings is 1. The molecule has 0 bridgehead atoms. The summed E-state index contributed by atoms with van der Waals surface area (Å²) in [4.78, 5) is 16.7. The highest BCUT2D eigenvalue weighted by molar-refractivity contribution is 8.01. The largest absolute Gasteiger partial charge is 0.348 e. The van der Waals surface area contributed by atoms with E-state index in [-0.39, 0.29) is 17.6 Å². The van der Waals surface area contributed by atoms with Crippen molar-refractivity contribution in [2.75, 3.05) is 5.75 Å². The Bertz CT molecular complexity index is 1020. The smallest absolute Gasteiger partial charge is 0.230 e. The number of hydrogen-bond acceptors (Lipinski definition) is 5. The molecule has 9 heteroatoms. The van der Waals surface area contributed by atoms with Crippen molar-refractivity contribution in [2.24, 2.45) is 0 Å². The number of fused-ring (bicyclic) bond motifs is 1. The van der Waals surface area contributed by atoms with Crippen LogP contribution in [0.1, 0.15) is 35.8 Å². The van der Waals surface area contributed by atoms with E-state index in [1.165, 1.54) is 39.9 Å². The Balaban J connectivity index is 1.48. The first-order valence-corrected chi connectivity index (χ1v) is 10.7. The fraction of sp³-hybridized carbons (Fsp3) is 0.316. The van der Waals surface area contributed by atoms with Crippen molar-refractivity contribution in [3.05, 3.63) is 58.4 Å². The average molecular weight is 421 g/mol. The second-order valence-corrected chi connectivity index (χ2v) is 8.69. The van der Waals surface area contributed by atoms with E-state index in [4.69, 9.17) is 0 Å². The van der Waals surface area contributed by atoms with Gasteiger partial charge in [-0.05, 0) is 38.3 Å². The number of carbonyl (C=O) groups excluding carboxylic acids is 1. The average Bonchev–Trinajstić information content (AvgIpc) is 3.27. The van der Waals surface area contributed by atoms with Crippen LogP contribution in [0.3, 0.4) is 0 Å². The van der Waals surface area contributed by atoms with Gasteiger partial charge in [0.1, 0.15) is 11.5 Å². The summed E-state index contributed by atoms with van der Waals surface area (Å²) in [5.74, 6) is -1.07. The number of carbonyl (C=O) groups is 1. The number of nitrogens with one attached hydrogen (secondary N) is 1. The van der Waals surface area contributed by atoms with Gasteiger partial charge in [0.05, 0.1) is 18.0 Å². The second kappa shape index (κ2) is 8.00. The summed E-state index contributed by atoms with van der Waals surface area (Å²) in [6.45, 7) is 1.92. The van der Waals surface area contributed by atoms with Gasteiger partial charge >= 0.3 is 0 Å². The molecule has 4 rings (SSSR count). The molecule has 2 aromatic heterocycles. The van der Waals surface area contributed by atoms with Crippen LogP contribution >= 0.6 is 23.1 Å². The van der Waals surface area contributed by atoms with E-state index in [1.54, 1.807) is 6.20 Å². The second-order valence-electron chi connectivity index (χ2n) is 6.61. The topological polar surface area (TPSA) is 59.8 Å². The Morgan fingerprint density at radius 2 is 2.29 bits per heavy atom. The van der Waals surface area contributed by atoms with Gasteiger partial charge in [-0.25, -0.2) is 18.4 Å². The summed E-state index contributed by atoms with van der Waals surface area (Å²) in [7, 11) is 0. The maximum Gasteiger partial charge on any atom is 0.230 e. The van der Waals surface area contributed by atoms with Gasteiger partial charge in [-0.1, -0.05) is 11.8 Å². The van der Waals surface area contributed by atoms with E-state index in [9.17, 15) is 13.6 Å². The Morgan fingerprint density at radius 1 is 1.43 bits per heavy atom. The third-order valence-corrected chi connectivity index (χ3v) is 6.72. The van der Waals surface area contributed by atoms with Crippen LogP contribution in [0.2, 0.25) is 0 Å². The maximum absolute atomic E-state index is 14.2. The van der Waals surface area contributed by atoms with Crippen molar-refractivity contribution in [2.45, 2.75) is 36.6 Å². The number of rotatable bonds is 5. The van der Waals surface area contributed by atoms with Crippen LogP contribution in [0.25, 0.3) is 5.69 Å². The number of nitrogens with zero attached hydrogens (tertiary/aromatic N) is 3. The van der Waals surface area contributed by atoms with Crippen LogP contribution in [0, 0.1) is 18.6 Å². The monoisotopic (exact) mass is 420 g/mol. The van der Waals surface area contributed by atoms with Gasteiger partial charge < -0.3 is 5.32 Å². The predicted molar refractivity (Wildman–Crippen MR) is 105 cm³/mol. The van der Waals surface area contributed by atoms with E-state index >= 15 is 0 Å². The van der Waals surface area contributed by atoms with Gasteiger partial charge in [0.25, 0.3) is 0 Å². The van der Waals surface area contributed by atoms with Crippen molar-refractivity contribution in [3.63, 3.8) is 0 Å². The lowest BCUT2D eigenvalue weighted by atomic mass is 9.93. The van der Waals surface area contributed by atoms with Crippen LogP contribution in [0.15, 0.2) is 34.1 Å². The molecule has 0 fully saturated rings. The highest BCUT2D eigenvalue weighted by atomic mass is 32.2. The van der Waals surface area contributed by atoms with Gasteiger partial charge in [-0.2, -0.15) is 5.10 Å². The molecule has 1 aromatic carbocycles. The van der Waals surface area contributed by atoms with Crippen LogP contribution < -0.4 is 5.32 Å². The maximum atomic E-state index is 14.2. The van der Waals surface area contributed by atoms with Crippen molar-refractivity contribution in [1.29, 1.82) is 0 Å². The highest BCUT2D eigenvalue weighted by Gasteiger charge is 2.27. The van der Waals surface area contributed by atoms with Gasteiger partial charge in [0.2, 0.25) is 5.91 Å². The fourth-order valence-electron chi connectivity index (χ4n) is 3.33. The van der Waals surface area contributed by atoms with E-state index in [2.05, 4.69) is 15.4 Å². The minimum Gasteiger partial charge on any atom is -0.348 e. The molecule has 5 nitrogen and oxygen atoms in total. The highest BCUT2D eigenvalue weighted by Crippen LogP contribution is 2.32. The molecule has 0 aliphatic heterocycles. The normalized spacial score (nSPS) is 16.0. The summed E-state index contributed by atoms with van der Waals surface area (Å²) in [6.07, 6.45) is 4.05. The summed E-state index contributed by atoms with van der Waals surface area (Å²) in [6, 6.07) is 3.29. The number of thioether (sulfide) groups is 1. The SMILES string of the molecule is Cc1csc(SCC(=O)N[C@@H]2CCCc3c2cnn3-c2ccc(F)cc2F)n1. The van der Waals surface area contributed by atoms with Gasteiger partial charge in [0, 0.05) is 28.4 Å². The lowest BCUT2D eigenvalue weighted by molar-refractivity contribution is -0.119. The first-order chi connectivity index (χ1) is 13.5. The fourth-order valence-corrected chi connectivity index (χ4v) is 4.99. The quantitative estimate of drug-likeness (QED) is 0.629. The molecule has 0 saturated carbocycles. The van der Waals surface area contributed by atoms with E-state index < -0.39 is 11.6 Å². The molecular weight excluding hydrogens is 402 g/mol. The Morgan fingerprint density at radius 3 is 3.04 bits per heavy atom. The summed E-state index contributed by atoms with van der Waals surface area (Å²) in [5, 5.41) is 9.31. The van der Waals surface area contributed by atoms with Crippen molar-refractivity contribution in [3.8, 4) is 5.69 Å². The Labute approximate surface area is 169 Å². The number of amides is 1. The number of hydrogen-bond donors (Lipinski definition) is 1. The predicted octanol–water partition coefficient (Wildman–Crippen LogP) is 4.20. The third kappa shape index (κ3) is 3.95. The third-order valence-electron chi connectivity index (χ3n) is 4.58. The van der Waals surface area contributed by atoms with E-state index in [1.807, 2.05) is 12.3 Å². The molecule has 146 valence electrons. The first kappa shape index (κ1) is 19.1. The molecule has 1 atom stereocenters. The molecule has 1 aliphatic carbocycles. The summed E-state index contributed by atoms with van der Waals surface area (Å²) in [5.41, 5.74) is 2.90. The van der Waals surface area contributed by atoms with Crippen LogP contribution in [0.4, 0.5) is 8.78 Å². The minimum absolute atomic E-state index is 0.0728. The number of aromatic nitrogens is 3. The molecule has 1 amide bonds. The molecule has 1 aliphatic rings. The number of aryl methyl sites for hydroxylation is 1. The van der Waals surface area contributed by atoms with Crippen LogP contribution in [0.5, 0.6) is 0 Å². The Hall–Kier alpha value is -2.26. The molecule has 0 unspecified atom stereocenters. The minimum atomic E-state index is -0.660. The Kier molecular flexibility index (Phi) is 5.45. The van der Waals surface area contributed by atoms with Gasteiger partial charge in [0.15, 0.2) is 10.2 Å². The standard InChI is InChI=1S/C19H18F2N4OS2/c1-11-9-27-19(23-11)28-10-18(26)24-15-3-2-4-16-13(15)8-22-25(16)17-6-5-12(20)7-14(17)21/h5-9,15H,2-4,10H2,1H3,(H,24,26)/t15-/m1/s1. The van der Waals surface area contributed by atoms with Crippen LogP contribution in [-0.4, -0.2) is 26.4 Å². The zero-order chi connectivity index (χ0) is 19.7. The summed E-state index contributed by atoms with van der Waals surface area (Å²) < 4.78 is 29.8. The molecular formula is C19H18F2N4OS2. The molecule has 2 heterocycles. The zero-order valence-electron chi connectivity index (χ0n) is 15.1. The number of benzene rings is 1. The van der Waals surface area contributed by atoms with E-state index in [0.717, 1.165) is 46.6 Å². The van der Waals surface area contributed by atoms with Crippen molar-refractivity contribution < 1.29 is 13.6 Å². The van der Waals surface area contributed by atoms with Crippen molar-refractivity contribution in [1.82, 2.24) is 20.1 Å². The lowest BCUT2D eigenvalue weighted by Gasteiger charge is -2.24. The molecule has 1 N–H and O–H groups in total. The lowest BCUT2D eigenvalue weighted by Crippen LogP contribution is -2.32. The molecule has 3 aromatic rings. The van der Waals surface area contributed by atoms with Crippen molar-refractivity contribution >= 4 is 29.0 Å².